The zero-order valence-corrected chi connectivity index (χ0v) is 17.7. The number of carbonyl (C=O) groups excluding carboxylic acids is 1. The molecule has 0 spiro atoms. The Balaban J connectivity index is 1.53. The Kier molecular flexibility index (Phi) is 5.66. The van der Waals surface area contributed by atoms with Crippen LogP contribution in [-0.4, -0.2) is 38.7 Å². The molecule has 1 saturated heterocycles. The summed E-state index contributed by atoms with van der Waals surface area (Å²) in [5, 5.41) is 4.31. The van der Waals surface area contributed by atoms with Gasteiger partial charge in [-0.25, -0.2) is 4.39 Å². The van der Waals surface area contributed by atoms with Gasteiger partial charge in [0.2, 0.25) is 0 Å². The molecule has 1 amide bonds. The van der Waals surface area contributed by atoms with Crippen LogP contribution < -0.4 is 0 Å². The standard InChI is InChI=1S/C24H27FN4O/c1-16-11-19(12-18-6-8-21(25)9-7-18)13-23(26-16)20-5-4-10-29(14-20)24(30)22-15-28(3)27-17(22)2/h6-9,11,13,15,20H,4-5,10,12,14H2,1-3H3/t20-/m0/s1. The van der Waals surface area contributed by atoms with Gasteiger partial charge in [-0.3, -0.25) is 14.5 Å². The van der Waals surface area contributed by atoms with E-state index in [9.17, 15) is 9.18 Å². The molecule has 0 unspecified atom stereocenters. The van der Waals surface area contributed by atoms with Gasteiger partial charge in [-0.1, -0.05) is 12.1 Å². The van der Waals surface area contributed by atoms with Crippen molar-refractivity contribution in [2.75, 3.05) is 13.1 Å². The van der Waals surface area contributed by atoms with E-state index in [2.05, 4.69) is 17.2 Å². The highest BCUT2D eigenvalue weighted by atomic mass is 19.1. The van der Waals surface area contributed by atoms with Gasteiger partial charge < -0.3 is 4.90 Å². The summed E-state index contributed by atoms with van der Waals surface area (Å²) in [4.78, 5) is 19.8. The maximum atomic E-state index is 13.2. The smallest absolute Gasteiger partial charge is 0.257 e. The number of carbonyl (C=O) groups is 1. The predicted molar refractivity (Wildman–Crippen MR) is 114 cm³/mol. The summed E-state index contributed by atoms with van der Waals surface area (Å²) in [5.74, 6) is 0.0391. The number of amides is 1. The van der Waals surface area contributed by atoms with Crippen LogP contribution in [0.3, 0.4) is 0 Å². The molecule has 0 radical (unpaired) electrons. The van der Waals surface area contributed by atoms with Gasteiger partial charge in [-0.05, 0) is 68.5 Å². The van der Waals surface area contributed by atoms with Crippen molar-refractivity contribution in [1.29, 1.82) is 0 Å². The molecule has 1 aliphatic rings. The summed E-state index contributed by atoms with van der Waals surface area (Å²) in [7, 11) is 1.84. The third-order valence-corrected chi connectivity index (χ3v) is 5.73. The summed E-state index contributed by atoms with van der Waals surface area (Å²) >= 11 is 0. The fraction of sp³-hybridized carbons (Fsp3) is 0.375. The summed E-state index contributed by atoms with van der Waals surface area (Å²) in [6.07, 6.45) is 4.51. The molecular weight excluding hydrogens is 379 g/mol. The molecule has 3 heterocycles. The first-order valence-corrected chi connectivity index (χ1v) is 10.4. The van der Waals surface area contributed by atoms with Crippen molar-refractivity contribution in [1.82, 2.24) is 19.7 Å². The first-order valence-electron chi connectivity index (χ1n) is 10.4. The number of nitrogens with zero attached hydrogens (tertiary/aromatic N) is 4. The number of likely N-dealkylation sites (tertiary alicyclic amines) is 1. The van der Waals surface area contributed by atoms with Crippen LogP contribution >= 0.6 is 0 Å². The molecule has 1 aliphatic heterocycles. The van der Waals surface area contributed by atoms with Crippen molar-refractivity contribution < 1.29 is 9.18 Å². The van der Waals surface area contributed by atoms with Crippen LogP contribution in [0, 0.1) is 19.7 Å². The van der Waals surface area contributed by atoms with Gasteiger partial charge in [0, 0.05) is 43.6 Å². The number of aryl methyl sites for hydroxylation is 3. The first kappa shape index (κ1) is 20.3. The van der Waals surface area contributed by atoms with Gasteiger partial charge in [0.15, 0.2) is 0 Å². The summed E-state index contributed by atoms with van der Waals surface area (Å²) in [6, 6.07) is 10.9. The third-order valence-electron chi connectivity index (χ3n) is 5.73. The number of pyridine rings is 1. The van der Waals surface area contributed by atoms with Crippen LogP contribution in [0.25, 0.3) is 0 Å². The molecular formula is C24H27FN4O. The van der Waals surface area contributed by atoms with E-state index >= 15 is 0 Å². The SMILES string of the molecule is Cc1cc(Cc2ccc(F)cc2)cc([C@H]2CCCN(C(=O)c3cn(C)nc3C)C2)n1. The maximum absolute atomic E-state index is 13.2. The van der Waals surface area contributed by atoms with Crippen molar-refractivity contribution in [3.8, 4) is 0 Å². The van der Waals surface area contributed by atoms with E-state index in [-0.39, 0.29) is 17.6 Å². The van der Waals surface area contributed by atoms with Crippen LogP contribution in [-0.2, 0) is 13.5 Å². The quantitative estimate of drug-likeness (QED) is 0.653. The number of benzene rings is 1. The van der Waals surface area contributed by atoms with Gasteiger partial charge in [0.05, 0.1) is 11.3 Å². The van der Waals surface area contributed by atoms with Crippen LogP contribution in [0.4, 0.5) is 4.39 Å². The molecule has 30 heavy (non-hydrogen) atoms. The lowest BCUT2D eigenvalue weighted by Crippen LogP contribution is -2.39. The molecule has 1 aromatic carbocycles. The Labute approximate surface area is 176 Å². The average Bonchev–Trinajstić information content (AvgIpc) is 3.07. The van der Waals surface area contributed by atoms with E-state index in [1.807, 2.05) is 37.9 Å². The number of rotatable bonds is 4. The second-order valence-corrected chi connectivity index (χ2v) is 8.24. The van der Waals surface area contributed by atoms with Crippen LogP contribution in [0.2, 0.25) is 0 Å². The van der Waals surface area contributed by atoms with Gasteiger partial charge in [0.1, 0.15) is 5.82 Å². The maximum Gasteiger partial charge on any atom is 0.257 e. The largest absolute Gasteiger partial charge is 0.338 e. The number of piperidine rings is 1. The number of halogens is 1. The van der Waals surface area contributed by atoms with E-state index in [1.54, 1.807) is 10.9 Å². The molecule has 0 N–H and O–H groups in total. The van der Waals surface area contributed by atoms with Crippen molar-refractivity contribution in [3.05, 3.63) is 82.2 Å². The fourth-order valence-electron chi connectivity index (χ4n) is 4.30. The molecule has 6 heteroatoms. The third kappa shape index (κ3) is 4.42. The zero-order chi connectivity index (χ0) is 21.3. The second kappa shape index (κ2) is 8.38. The molecule has 0 aliphatic carbocycles. The molecule has 156 valence electrons. The van der Waals surface area contributed by atoms with Crippen molar-refractivity contribution in [2.45, 2.75) is 39.0 Å². The van der Waals surface area contributed by atoms with Crippen LogP contribution in [0.5, 0.6) is 0 Å². The monoisotopic (exact) mass is 406 g/mol. The highest BCUT2D eigenvalue weighted by Gasteiger charge is 2.28. The van der Waals surface area contributed by atoms with Gasteiger partial charge in [-0.2, -0.15) is 5.10 Å². The molecule has 3 aromatic rings. The minimum Gasteiger partial charge on any atom is -0.338 e. The molecule has 0 saturated carbocycles. The average molecular weight is 407 g/mol. The van der Waals surface area contributed by atoms with Crippen LogP contribution in [0.1, 0.15) is 57.3 Å². The van der Waals surface area contributed by atoms with E-state index in [0.717, 1.165) is 54.0 Å². The topological polar surface area (TPSA) is 51.0 Å². The molecule has 2 aromatic heterocycles. The molecule has 1 atom stereocenters. The molecule has 0 bridgehead atoms. The van der Waals surface area contributed by atoms with Crippen molar-refractivity contribution >= 4 is 5.91 Å². The normalized spacial score (nSPS) is 16.7. The Morgan fingerprint density at radius 2 is 1.93 bits per heavy atom. The lowest BCUT2D eigenvalue weighted by atomic mass is 9.92. The number of hydrogen-bond acceptors (Lipinski definition) is 3. The summed E-state index contributed by atoms with van der Waals surface area (Å²) in [6.45, 7) is 5.30. The van der Waals surface area contributed by atoms with E-state index in [0.29, 0.717) is 12.1 Å². The Bertz CT molecular complexity index is 1060. The zero-order valence-electron chi connectivity index (χ0n) is 17.7. The van der Waals surface area contributed by atoms with E-state index in [4.69, 9.17) is 4.98 Å². The van der Waals surface area contributed by atoms with E-state index < -0.39 is 0 Å². The Morgan fingerprint density at radius 1 is 1.17 bits per heavy atom. The Hall–Kier alpha value is -3.02. The second-order valence-electron chi connectivity index (χ2n) is 8.24. The van der Waals surface area contributed by atoms with Crippen molar-refractivity contribution in [2.24, 2.45) is 7.05 Å². The number of hydrogen-bond donors (Lipinski definition) is 0. The number of aromatic nitrogens is 3. The lowest BCUT2D eigenvalue weighted by Gasteiger charge is -2.32. The molecule has 1 fully saturated rings. The Morgan fingerprint density at radius 3 is 2.63 bits per heavy atom. The summed E-state index contributed by atoms with van der Waals surface area (Å²) < 4.78 is 14.9. The minimum atomic E-state index is -0.221. The van der Waals surface area contributed by atoms with Crippen molar-refractivity contribution in [3.63, 3.8) is 0 Å². The van der Waals surface area contributed by atoms with Gasteiger partial charge in [-0.15, -0.1) is 0 Å². The highest BCUT2D eigenvalue weighted by molar-refractivity contribution is 5.95. The minimum absolute atomic E-state index is 0.0458. The van der Waals surface area contributed by atoms with Gasteiger partial charge >= 0.3 is 0 Å². The summed E-state index contributed by atoms with van der Waals surface area (Å²) in [5.41, 5.74) is 5.67. The predicted octanol–water partition coefficient (Wildman–Crippen LogP) is 4.18. The first-order chi connectivity index (χ1) is 14.4. The van der Waals surface area contributed by atoms with Crippen LogP contribution in [0.15, 0.2) is 42.6 Å². The fourth-order valence-corrected chi connectivity index (χ4v) is 4.30. The molecule has 5 nitrogen and oxygen atoms in total. The van der Waals surface area contributed by atoms with E-state index in [1.165, 1.54) is 12.1 Å². The molecule has 4 rings (SSSR count). The lowest BCUT2D eigenvalue weighted by molar-refractivity contribution is 0.0705. The van der Waals surface area contributed by atoms with Gasteiger partial charge in [0.25, 0.3) is 5.91 Å². The highest BCUT2D eigenvalue weighted by Crippen LogP contribution is 2.28.